The summed E-state index contributed by atoms with van der Waals surface area (Å²) in [5, 5.41) is 1.92. The lowest BCUT2D eigenvalue weighted by atomic mass is 9.58. The van der Waals surface area contributed by atoms with Gasteiger partial charge >= 0.3 is 0 Å². The molecule has 0 aromatic carbocycles. The van der Waals surface area contributed by atoms with Crippen molar-refractivity contribution in [2.24, 2.45) is 11.3 Å². The molecule has 4 nitrogen and oxygen atoms in total. The maximum absolute atomic E-state index is 7.46. The van der Waals surface area contributed by atoms with Crippen LogP contribution < -0.4 is 10.4 Å². The van der Waals surface area contributed by atoms with Gasteiger partial charge < -0.3 is 9.47 Å². The van der Waals surface area contributed by atoms with Gasteiger partial charge in [0.2, 0.25) is 0 Å². The number of hydrogen-bond acceptors (Lipinski definition) is 4. The summed E-state index contributed by atoms with van der Waals surface area (Å²) in [4.78, 5) is 6.88. The number of nitrogens with zero attached hydrogens (tertiary/aromatic N) is 2. The van der Waals surface area contributed by atoms with E-state index in [4.69, 9.17) is 9.47 Å². The Morgan fingerprint density at radius 1 is 1.06 bits per heavy atom. The second-order valence-corrected chi connectivity index (χ2v) is 12.4. The monoisotopic (exact) mass is 482 g/mol. The Labute approximate surface area is 214 Å². The fourth-order valence-electron chi connectivity index (χ4n) is 8.70. The summed E-state index contributed by atoms with van der Waals surface area (Å²) in [7, 11) is 0. The van der Waals surface area contributed by atoms with Crippen LogP contribution in [0.1, 0.15) is 69.8 Å². The highest BCUT2D eigenvalue weighted by Crippen LogP contribution is 2.69. The first-order valence-electron chi connectivity index (χ1n) is 13.8. The minimum absolute atomic E-state index is 0.0589. The summed E-state index contributed by atoms with van der Waals surface area (Å²) < 4.78 is 13.0. The third kappa shape index (κ3) is 3.27. The van der Waals surface area contributed by atoms with Crippen LogP contribution >= 0.6 is 0 Å². The minimum Gasteiger partial charge on any atom is -0.359 e. The number of allylic oxidation sites excluding steroid dienone is 1. The van der Waals surface area contributed by atoms with Crippen LogP contribution in [0, 0.1) is 11.3 Å². The van der Waals surface area contributed by atoms with Gasteiger partial charge in [0.15, 0.2) is 0 Å². The largest absolute Gasteiger partial charge is 0.359 e. The molecule has 188 valence electrons. The van der Waals surface area contributed by atoms with Gasteiger partial charge in [-0.25, -0.2) is 0 Å². The first-order chi connectivity index (χ1) is 17.4. The summed E-state index contributed by atoms with van der Waals surface area (Å²) in [6.45, 7) is 12.5. The summed E-state index contributed by atoms with van der Waals surface area (Å²) >= 11 is 0. The zero-order valence-corrected chi connectivity index (χ0v) is 21.5. The van der Waals surface area contributed by atoms with E-state index in [1.54, 1.807) is 11.8 Å². The molecule has 4 heteroatoms. The van der Waals surface area contributed by atoms with E-state index in [9.17, 15) is 0 Å². The van der Waals surface area contributed by atoms with Crippen molar-refractivity contribution >= 4 is 13.2 Å². The third-order valence-electron chi connectivity index (χ3n) is 10.5. The zero-order chi connectivity index (χ0) is 24.5. The first-order valence-corrected chi connectivity index (χ1v) is 13.8. The van der Waals surface area contributed by atoms with Crippen molar-refractivity contribution in [2.75, 3.05) is 13.5 Å². The normalized spacial score (nSPS) is 40.6. The SMILES string of the molecule is C=c1ccncc(=C)cc([C@H]2CCC3[C@]2(C)CC=C2C=C4CC[C@@H](N5COC5)C[C@]45CC[C@@]23O5)cc1. The van der Waals surface area contributed by atoms with E-state index < -0.39 is 0 Å². The lowest BCUT2D eigenvalue weighted by Crippen LogP contribution is -2.57. The summed E-state index contributed by atoms with van der Waals surface area (Å²) in [6.07, 6.45) is 18.2. The van der Waals surface area contributed by atoms with Crippen molar-refractivity contribution in [1.82, 2.24) is 9.88 Å². The van der Waals surface area contributed by atoms with Crippen LogP contribution in [0.25, 0.3) is 13.2 Å². The Morgan fingerprint density at radius 2 is 1.94 bits per heavy atom. The van der Waals surface area contributed by atoms with E-state index >= 15 is 0 Å². The number of aromatic nitrogens is 1. The van der Waals surface area contributed by atoms with Crippen LogP contribution in [0.3, 0.4) is 0 Å². The molecule has 4 heterocycles. The number of fused-ring (bicyclic) bond motifs is 1. The van der Waals surface area contributed by atoms with Crippen LogP contribution in [0.5, 0.6) is 0 Å². The molecule has 0 amide bonds. The third-order valence-corrected chi connectivity index (χ3v) is 10.5. The molecule has 0 N–H and O–H groups in total. The van der Waals surface area contributed by atoms with Crippen molar-refractivity contribution in [3.63, 3.8) is 0 Å². The second kappa shape index (κ2) is 8.11. The summed E-state index contributed by atoms with van der Waals surface area (Å²) in [5.74, 6) is 1.00. The van der Waals surface area contributed by atoms with E-state index in [1.807, 2.05) is 12.3 Å². The molecule has 2 bridgehead atoms. The first kappa shape index (κ1) is 22.9. The standard InChI is InChI=1S/C32H38N2O2/c1-22-4-5-24(16-23(2)19-33-15-11-22)28-8-9-29-30(28,3)12-10-26-17-25-6-7-27(34-20-35-21-34)18-31(25)13-14-32(26,29)36-31/h4-5,10-11,15-17,19,27-29H,1-2,6-9,12-14,18,20-21H2,3H3/t27-,28-,29?,30-,31-,32-/m1/s1. The fraction of sp³-hybridized carbons (Fsp3) is 0.531. The number of ether oxygens (including phenoxy) is 2. The highest BCUT2D eigenvalue weighted by atomic mass is 16.5. The van der Waals surface area contributed by atoms with Crippen molar-refractivity contribution in [3.05, 3.63) is 76.0 Å². The molecule has 1 aromatic rings. The minimum atomic E-state index is -0.121. The molecular formula is C32H38N2O2. The average molecular weight is 483 g/mol. The quantitative estimate of drug-likeness (QED) is 0.602. The maximum atomic E-state index is 7.46. The van der Waals surface area contributed by atoms with Crippen LogP contribution in [0.2, 0.25) is 0 Å². The van der Waals surface area contributed by atoms with Crippen LogP contribution in [0.4, 0.5) is 0 Å². The molecule has 6 aliphatic rings. The lowest BCUT2D eigenvalue weighted by Gasteiger charge is -2.55. The highest BCUT2D eigenvalue weighted by Gasteiger charge is 2.66. The van der Waals surface area contributed by atoms with E-state index in [1.165, 1.54) is 43.2 Å². The Balaban J connectivity index is 1.27. The zero-order valence-electron chi connectivity index (χ0n) is 21.5. The van der Waals surface area contributed by atoms with E-state index in [0.717, 1.165) is 43.2 Å². The van der Waals surface area contributed by atoms with Crippen LogP contribution in [-0.2, 0) is 9.47 Å². The molecule has 6 atom stereocenters. The van der Waals surface area contributed by atoms with Gasteiger partial charge in [-0.15, -0.1) is 0 Å². The molecule has 0 radical (unpaired) electrons. The van der Waals surface area contributed by atoms with Gasteiger partial charge in [-0.3, -0.25) is 9.88 Å². The fourth-order valence-corrected chi connectivity index (χ4v) is 8.70. The van der Waals surface area contributed by atoms with Gasteiger partial charge in [0.1, 0.15) is 13.5 Å². The van der Waals surface area contributed by atoms with Gasteiger partial charge in [-0.2, -0.15) is 0 Å². The average Bonchev–Trinajstić information content (AvgIpc) is 3.33. The van der Waals surface area contributed by atoms with E-state index in [-0.39, 0.29) is 16.6 Å². The van der Waals surface area contributed by atoms with Gasteiger partial charge in [-0.05, 0) is 102 Å². The molecule has 36 heavy (non-hydrogen) atoms. The molecule has 2 spiro atoms. The van der Waals surface area contributed by atoms with Crippen LogP contribution in [-0.4, -0.2) is 40.6 Å². The molecule has 2 saturated carbocycles. The second-order valence-electron chi connectivity index (χ2n) is 12.4. The molecule has 1 unspecified atom stereocenters. The molecular weight excluding hydrogens is 444 g/mol. The van der Waals surface area contributed by atoms with Crippen LogP contribution in [0.15, 0.2) is 60.0 Å². The van der Waals surface area contributed by atoms with Gasteiger partial charge in [0.25, 0.3) is 0 Å². The summed E-state index contributed by atoms with van der Waals surface area (Å²) in [5.41, 5.74) is 4.40. The Kier molecular flexibility index (Phi) is 5.16. The van der Waals surface area contributed by atoms with Gasteiger partial charge in [0.05, 0.1) is 11.2 Å². The van der Waals surface area contributed by atoms with Crippen molar-refractivity contribution < 1.29 is 9.47 Å². The number of hydrogen-bond donors (Lipinski definition) is 0. The Bertz CT molecular complexity index is 1310. The van der Waals surface area contributed by atoms with Gasteiger partial charge in [0, 0.05) is 18.4 Å². The molecule has 1 aromatic heterocycles. The molecule has 3 aliphatic heterocycles. The maximum Gasteiger partial charge on any atom is 0.103 e. The number of rotatable bonds is 2. The lowest BCUT2D eigenvalue weighted by molar-refractivity contribution is -0.191. The summed E-state index contributed by atoms with van der Waals surface area (Å²) in [6, 6.07) is 9.21. The Hall–Kier alpha value is -2.27. The van der Waals surface area contributed by atoms with E-state index in [0.29, 0.717) is 17.9 Å². The van der Waals surface area contributed by atoms with E-state index in [2.05, 4.69) is 60.3 Å². The van der Waals surface area contributed by atoms with Crippen molar-refractivity contribution in [1.29, 1.82) is 0 Å². The predicted octanol–water partition coefficient (Wildman–Crippen LogP) is 4.88. The van der Waals surface area contributed by atoms with Crippen molar-refractivity contribution in [3.8, 4) is 0 Å². The molecule has 2 saturated heterocycles. The molecule has 4 fully saturated rings. The topological polar surface area (TPSA) is 34.6 Å². The predicted molar refractivity (Wildman–Crippen MR) is 143 cm³/mol. The Morgan fingerprint density at radius 3 is 2.78 bits per heavy atom. The smallest absolute Gasteiger partial charge is 0.103 e. The van der Waals surface area contributed by atoms with Crippen molar-refractivity contribution in [2.45, 2.75) is 81.5 Å². The van der Waals surface area contributed by atoms with Gasteiger partial charge in [-0.1, -0.05) is 50.4 Å². The highest BCUT2D eigenvalue weighted by molar-refractivity contribution is 5.48. The molecule has 7 rings (SSSR count). The molecule has 3 aliphatic carbocycles.